The Morgan fingerprint density at radius 1 is 1.29 bits per heavy atom. The van der Waals surface area contributed by atoms with Crippen molar-refractivity contribution in [1.82, 2.24) is 30.2 Å². The predicted molar refractivity (Wildman–Crippen MR) is 105 cm³/mol. The van der Waals surface area contributed by atoms with Crippen LogP contribution < -0.4 is 5.32 Å². The molecule has 3 rings (SSSR count). The molecule has 0 aromatic carbocycles. The van der Waals surface area contributed by atoms with E-state index >= 15 is 0 Å². The second kappa shape index (κ2) is 7.53. The molecule has 0 saturated carbocycles. The normalized spacial score (nSPS) is 12.8. The van der Waals surface area contributed by atoms with Crippen molar-refractivity contribution < 1.29 is 9.32 Å². The Balaban J connectivity index is 1.82. The fourth-order valence-electron chi connectivity index (χ4n) is 2.55. The van der Waals surface area contributed by atoms with Gasteiger partial charge in [-0.25, -0.2) is 9.67 Å². The number of carbonyl (C=O) groups is 1. The first kappa shape index (κ1) is 19.7. The number of aromatic nitrogens is 5. The zero-order chi connectivity index (χ0) is 20.5. The van der Waals surface area contributed by atoms with Gasteiger partial charge in [-0.3, -0.25) is 4.79 Å². The van der Waals surface area contributed by atoms with E-state index in [0.717, 1.165) is 17.7 Å². The van der Waals surface area contributed by atoms with Crippen LogP contribution in [0.4, 0.5) is 0 Å². The maximum absolute atomic E-state index is 12.4. The fourth-order valence-corrected chi connectivity index (χ4v) is 2.55. The summed E-state index contributed by atoms with van der Waals surface area (Å²) < 4.78 is 7.00. The second-order valence-corrected chi connectivity index (χ2v) is 7.92. The summed E-state index contributed by atoms with van der Waals surface area (Å²) >= 11 is 0. The average molecular weight is 382 g/mol. The van der Waals surface area contributed by atoms with Crippen LogP contribution in [0.25, 0.3) is 17.3 Å². The molecule has 1 N–H and O–H groups in total. The number of nitrogens with one attached hydrogen (secondary N) is 1. The lowest BCUT2D eigenvalue weighted by atomic mass is 9.96. The van der Waals surface area contributed by atoms with Crippen LogP contribution in [0.3, 0.4) is 0 Å². The highest BCUT2D eigenvalue weighted by Gasteiger charge is 2.22. The Hall–Kier alpha value is -3.03. The molecule has 8 heteroatoms. The van der Waals surface area contributed by atoms with E-state index in [2.05, 4.69) is 25.5 Å². The van der Waals surface area contributed by atoms with Crippen LogP contribution in [0.15, 0.2) is 29.0 Å². The van der Waals surface area contributed by atoms with Gasteiger partial charge in [-0.15, -0.1) is 0 Å². The first-order chi connectivity index (χ1) is 13.2. The molecule has 148 valence electrons. The molecular weight excluding hydrogens is 356 g/mol. The van der Waals surface area contributed by atoms with E-state index in [9.17, 15) is 4.79 Å². The number of pyridine rings is 1. The second-order valence-electron chi connectivity index (χ2n) is 7.92. The molecule has 28 heavy (non-hydrogen) atoms. The summed E-state index contributed by atoms with van der Waals surface area (Å²) in [6, 6.07) is 3.77. The van der Waals surface area contributed by atoms with Crippen molar-refractivity contribution >= 4 is 5.91 Å². The molecule has 0 aliphatic carbocycles. The van der Waals surface area contributed by atoms with E-state index in [1.165, 1.54) is 0 Å². The number of amides is 1. The molecule has 3 aromatic rings. The molecule has 0 saturated heterocycles. The largest absolute Gasteiger partial charge is 0.349 e. The third-order valence-corrected chi connectivity index (χ3v) is 4.55. The van der Waals surface area contributed by atoms with Crippen LogP contribution in [0.2, 0.25) is 0 Å². The Bertz CT molecular complexity index is 965. The summed E-state index contributed by atoms with van der Waals surface area (Å²) in [6.07, 6.45) is 4.10. The Labute approximate surface area is 164 Å². The van der Waals surface area contributed by atoms with E-state index in [1.54, 1.807) is 17.1 Å². The van der Waals surface area contributed by atoms with Crippen molar-refractivity contribution in [2.75, 3.05) is 0 Å². The zero-order valence-corrected chi connectivity index (χ0v) is 17.1. The van der Waals surface area contributed by atoms with Crippen LogP contribution in [0.5, 0.6) is 0 Å². The Morgan fingerprint density at radius 2 is 2.04 bits per heavy atom. The van der Waals surface area contributed by atoms with E-state index in [0.29, 0.717) is 23.1 Å². The quantitative estimate of drug-likeness (QED) is 0.726. The third kappa shape index (κ3) is 3.95. The van der Waals surface area contributed by atoms with Crippen molar-refractivity contribution in [2.24, 2.45) is 0 Å². The van der Waals surface area contributed by atoms with Gasteiger partial charge in [-0.1, -0.05) is 32.9 Å². The maximum Gasteiger partial charge on any atom is 0.259 e. The molecule has 0 fully saturated rings. The summed E-state index contributed by atoms with van der Waals surface area (Å²) in [4.78, 5) is 21.3. The number of hydrogen-bond donors (Lipinski definition) is 1. The summed E-state index contributed by atoms with van der Waals surface area (Å²) in [5.74, 6) is 1.55. The number of rotatable bonds is 5. The van der Waals surface area contributed by atoms with E-state index in [-0.39, 0.29) is 17.4 Å². The number of carbonyl (C=O) groups excluding carboxylic acids is 1. The summed E-state index contributed by atoms with van der Waals surface area (Å²) in [5, 5.41) is 11.3. The molecule has 8 nitrogen and oxygen atoms in total. The van der Waals surface area contributed by atoms with Gasteiger partial charge < -0.3 is 9.84 Å². The van der Waals surface area contributed by atoms with Gasteiger partial charge >= 0.3 is 0 Å². The van der Waals surface area contributed by atoms with Gasteiger partial charge in [0.25, 0.3) is 11.8 Å². The number of nitrogens with zero attached hydrogens (tertiary/aromatic N) is 5. The van der Waals surface area contributed by atoms with E-state index in [1.807, 2.05) is 53.7 Å². The van der Waals surface area contributed by atoms with E-state index < -0.39 is 0 Å². The van der Waals surface area contributed by atoms with Gasteiger partial charge in [0.15, 0.2) is 11.6 Å². The molecule has 3 aromatic heterocycles. The summed E-state index contributed by atoms with van der Waals surface area (Å²) in [7, 11) is 0. The van der Waals surface area contributed by atoms with Crippen molar-refractivity contribution in [3.8, 4) is 17.3 Å². The average Bonchev–Trinajstić information content (AvgIpc) is 3.28. The van der Waals surface area contributed by atoms with Gasteiger partial charge in [0.2, 0.25) is 0 Å². The molecule has 0 spiro atoms. The smallest absolute Gasteiger partial charge is 0.259 e. The van der Waals surface area contributed by atoms with Crippen LogP contribution in [0, 0.1) is 6.92 Å². The predicted octanol–water partition coefficient (Wildman–Crippen LogP) is 3.45. The van der Waals surface area contributed by atoms with E-state index in [4.69, 9.17) is 4.52 Å². The van der Waals surface area contributed by atoms with Gasteiger partial charge in [-0.2, -0.15) is 10.1 Å². The van der Waals surface area contributed by atoms with Gasteiger partial charge in [0.1, 0.15) is 0 Å². The van der Waals surface area contributed by atoms with Crippen LogP contribution >= 0.6 is 0 Å². The maximum atomic E-state index is 12.4. The fraction of sp³-hybridized carbons (Fsp3) is 0.450. The lowest BCUT2D eigenvalue weighted by Gasteiger charge is -2.11. The first-order valence-electron chi connectivity index (χ1n) is 9.37. The minimum Gasteiger partial charge on any atom is -0.349 e. The topological polar surface area (TPSA) is 98.7 Å². The first-order valence-corrected chi connectivity index (χ1v) is 9.37. The molecule has 3 heterocycles. The SMILES string of the molecule is CC[C@H](C)NC(=O)c1cnn(-c2ccc(-c3nc(C(C)(C)C)no3)cn2)c1C. The van der Waals surface area contributed by atoms with Gasteiger partial charge in [0.05, 0.1) is 23.0 Å². The Kier molecular flexibility index (Phi) is 5.31. The molecule has 1 atom stereocenters. The molecule has 0 bridgehead atoms. The molecule has 0 unspecified atom stereocenters. The van der Waals surface area contributed by atoms with Gasteiger partial charge in [-0.05, 0) is 32.4 Å². The summed E-state index contributed by atoms with van der Waals surface area (Å²) in [6.45, 7) is 11.9. The van der Waals surface area contributed by atoms with Crippen molar-refractivity contribution in [3.05, 3.63) is 41.6 Å². The zero-order valence-electron chi connectivity index (χ0n) is 17.1. The standard InChI is InChI=1S/C20H26N6O2/c1-7-12(2)23-17(27)15-11-22-26(13(15)3)16-9-8-14(10-21-16)18-24-19(25-28-18)20(4,5)6/h8-12H,7H2,1-6H3,(H,23,27)/t12-/m0/s1. The van der Waals surface area contributed by atoms with Crippen molar-refractivity contribution in [3.63, 3.8) is 0 Å². The number of hydrogen-bond acceptors (Lipinski definition) is 6. The third-order valence-electron chi connectivity index (χ3n) is 4.55. The molecule has 1 amide bonds. The monoisotopic (exact) mass is 382 g/mol. The summed E-state index contributed by atoms with van der Waals surface area (Å²) in [5.41, 5.74) is 1.81. The molecule has 0 radical (unpaired) electrons. The Morgan fingerprint density at radius 3 is 2.61 bits per heavy atom. The van der Waals surface area contributed by atoms with Crippen molar-refractivity contribution in [1.29, 1.82) is 0 Å². The minimum atomic E-state index is -0.187. The van der Waals surface area contributed by atoms with Crippen LogP contribution in [0.1, 0.15) is 62.9 Å². The molecule has 0 aliphatic heterocycles. The van der Waals surface area contributed by atoms with Gasteiger partial charge in [0, 0.05) is 17.7 Å². The van der Waals surface area contributed by atoms with Crippen LogP contribution in [-0.4, -0.2) is 36.9 Å². The minimum absolute atomic E-state index is 0.111. The lowest BCUT2D eigenvalue weighted by molar-refractivity contribution is 0.0938. The highest BCUT2D eigenvalue weighted by molar-refractivity contribution is 5.95. The highest BCUT2D eigenvalue weighted by atomic mass is 16.5. The molecular formula is C20H26N6O2. The molecule has 0 aliphatic rings. The lowest BCUT2D eigenvalue weighted by Crippen LogP contribution is -2.32. The van der Waals surface area contributed by atoms with Crippen LogP contribution in [-0.2, 0) is 5.41 Å². The van der Waals surface area contributed by atoms with Crippen molar-refractivity contribution in [2.45, 2.75) is 59.4 Å². The highest BCUT2D eigenvalue weighted by Crippen LogP contribution is 2.24.